The van der Waals surface area contributed by atoms with Gasteiger partial charge >= 0.3 is 13.2 Å². The van der Waals surface area contributed by atoms with Crippen molar-refractivity contribution in [3.8, 4) is 11.1 Å². The Balaban J connectivity index is 1.31. The van der Waals surface area contributed by atoms with Gasteiger partial charge in [-0.2, -0.15) is 4.39 Å². The molecule has 1 aromatic heterocycles. The predicted octanol–water partition coefficient (Wildman–Crippen LogP) is 6.08. The van der Waals surface area contributed by atoms with Gasteiger partial charge in [-0.3, -0.25) is 0 Å². The topological polar surface area (TPSA) is 69.7 Å². The summed E-state index contributed by atoms with van der Waals surface area (Å²) in [4.78, 5) is 16.6. The summed E-state index contributed by atoms with van der Waals surface area (Å²) >= 11 is 0. The lowest BCUT2D eigenvalue weighted by Gasteiger charge is -2.32. The van der Waals surface area contributed by atoms with E-state index >= 15 is 0 Å². The molecule has 1 saturated heterocycles. The van der Waals surface area contributed by atoms with Crippen LogP contribution in [0.1, 0.15) is 55.9 Å². The molecule has 1 aliphatic carbocycles. The van der Waals surface area contributed by atoms with Gasteiger partial charge in [0.05, 0.1) is 11.2 Å². The number of pyridine rings is 1. The van der Waals surface area contributed by atoms with Gasteiger partial charge in [0.15, 0.2) is 0 Å². The number of nitrogens with zero attached hydrogens (tertiary/aromatic N) is 1. The van der Waals surface area contributed by atoms with Gasteiger partial charge in [-0.1, -0.05) is 54.6 Å². The van der Waals surface area contributed by atoms with Crippen LogP contribution in [0, 0.1) is 12.9 Å². The number of alkyl carbamates (subject to hydrolysis) is 1. The van der Waals surface area contributed by atoms with Crippen LogP contribution in [-0.2, 0) is 14.0 Å². The van der Waals surface area contributed by atoms with E-state index in [1.807, 2.05) is 52.0 Å². The van der Waals surface area contributed by atoms with Crippen LogP contribution >= 0.6 is 0 Å². The van der Waals surface area contributed by atoms with Crippen LogP contribution in [0.15, 0.2) is 66.3 Å². The molecule has 1 aliphatic heterocycles. The van der Waals surface area contributed by atoms with Gasteiger partial charge in [0.2, 0.25) is 5.95 Å². The zero-order valence-electron chi connectivity index (χ0n) is 22.4. The van der Waals surface area contributed by atoms with E-state index in [-0.39, 0.29) is 19.1 Å². The fraction of sp³-hybridized carbons (Fsp3) is 0.333. The highest BCUT2D eigenvalue weighted by molar-refractivity contribution is 6.56. The maximum absolute atomic E-state index is 14.1. The zero-order valence-corrected chi connectivity index (χ0v) is 22.4. The summed E-state index contributed by atoms with van der Waals surface area (Å²) in [6.45, 7) is 9.82. The van der Waals surface area contributed by atoms with Crippen molar-refractivity contribution in [3.05, 3.63) is 94.5 Å². The summed E-state index contributed by atoms with van der Waals surface area (Å²) in [5, 5.41) is 2.84. The maximum atomic E-state index is 14.1. The smallest absolute Gasteiger partial charge is 0.449 e. The molecule has 0 atom stereocenters. The Hall–Kier alpha value is -3.49. The van der Waals surface area contributed by atoms with Crippen LogP contribution < -0.4 is 5.32 Å². The summed E-state index contributed by atoms with van der Waals surface area (Å²) in [5.41, 5.74) is 5.18. The second-order valence-corrected chi connectivity index (χ2v) is 10.8. The Labute approximate surface area is 223 Å². The summed E-state index contributed by atoms with van der Waals surface area (Å²) in [5.74, 6) is -0.579. The number of ether oxygens (including phenoxy) is 1. The minimum atomic E-state index is -0.718. The Morgan fingerprint density at radius 1 is 1.03 bits per heavy atom. The average molecular weight is 514 g/mol. The molecule has 0 radical (unpaired) electrons. The molecule has 0 unspecified atom stereocenters. The van der Waals surface area contributed by atoms with Gasteiger partial charge in [0.25, 0.3) is 0 Å². The van der Waals surface area contributed by atoms with Crippen molar-refractivity contribution in [2.75, 3.05) is 13.2 Å². The van der Waals surface area contributed by atoms with Crippen LogP contribution in [0.25, 0.3) is 17.2 Å². The third-order valence-corrected chi connectivity index (χ3v) is 7.86. The average Bonchev–Trinajstić information content (AvgIpc) is 3.32. The zero-order chi connectivity index (χ0) is 27.1. The molecule has 1 N–H and O–H groups in total. The summed E-state index contributed by atoms with van der Waals surface area (Å²) in [7, 11) is -0.718. The molecule has 0 saturated carbocycles. The number of aromatic nitrogens is 1. The molecular formula is C30H32BFN2O4. The van der Waals surface area contributed by atoms with E-state index in [1.165, 1.54) is 17.3 Å². The van der Waals surface area contributed by atoms with E-state index in [0.29, 0.717) is 16.6 Å². The summed E-state index contributed by atoms with van der Waals surface area (Å²) in [6, 6.07) is 18.1. The molecule has 2 heterocycles. The van der Waals surface area contributed by atoms with Gasteiger partial charge < -0.3 is 19.4 Å². The monoisotopic (exact) mass is 514 g/mol. The molecule has 6 nitrogen and oxygen atoms in total. The van der Waals surface area contributed by atoms with Crippen LogP contribution in [0.4, 0.5) is 9.18 Å². The Morgan fingerprint density at radius 3 is 2.21 bits per heavy atom. The van der Waals surface area contributed by atoms with E-state index in [1.54, 1.807) is 19.1 Å². The van der Waals surface area contributed by atoms with Crippen molar-refractivity contribution >= 4 is 19.3 Å². The lowest BCUT2D eigenvalue weighted by atomic mass is 9.76. The molecule has 8 heteroatoms. The first-order valence-electron chi connectivity index (χ1n) is 12.8. The van der Waals surface area contributed by atoms with Gasteiger partial charge in [-0.25, -0.2) is 9.78 Å². The molecule has 2 aliphatic rings. The number of fused-ring (bicyclic) bond motifs is 3. The van der Waals surface area contributed by atoms with Crippen molar-refractivity contribution in [3.63, 3.8) is 0 Å². The highest BCUT2D eigenvalue weighted by Crippen LogP contribution is 2.44. The molecule has 0 bridgehead atoms. The van der Waals surface area contributed by atoms with Crippen LogP contribution in [0.5, 0.6) is 0 Å². The first-order valence-corrected chi connectivity index (χ1v) is 12.8. The largest absolute Gasteiger partial charge is 0.492 e. The van der Waals surface area contributed by atoms with Crippen molar-refractivity contribution in [2.24, 2.45) is 0 Å². The number of halogens is 1. The molecule has 1 amide bonds. The number of nitrogens with one attached hydrogen (secondary N) is 1. The van der Waals surface area contributed by atoms with E-state index in [4.69, 9.17) is 14.0 Å². The number of hydrogen-bond acceptors (Lipinski definition) is 5. The standard InChI is InChI=1S/C30H32BFN2O4/c1-19-20(14-15-33-27(19)32)16-21(31-37-29(2,3)30(4,5)38-31)17-34-28(35)36-18-26-24-12-8-6-10-22(24)23-11-7-9-13-25(23)26/h6-16,26H,17-18H2,1-5H3,(H,34,35). The molecule has 1 fully saturated rings. The second kappa shape index (κ2) is 10.0. The van der Waals surface area contributed by atoms with Crippen molar-refractivity contribution in [2.45, 2.75) is 51.7 Å². The molecule has 5 rings (SSSR count). The molecule has 2 aromatic carbocycles. The number of hydrogen-bond donors (Lipinski definition) is 1. The highest BCUT2D eigenvalue weighted by atomic mass is 19.1. The highest BCUT2D eigenvalue weighted by Gasteiger charge is 2.52. The van der Waals surface area contributed by atoms with Crippen molar-refractivity contribution in [1.82, 2.24) is 10.3 Å². The van der Waals surface area contributed by atoms with Crippen LogP contribution in [0.2, 0.25) is 0 Å². The maximum Gasteiger partial charge on any atom is 0.492 e. The third kappa shape index (κ3) is 4.86. The fourth-order valence-corrected chi connectivity index (χ4v) is 4.90. The molecule has 0 spiro atoms. The number of carbonyl (C=O) groups excluding carboxylic acids is 1. The Kier molecular flexibility index (Phi) is 6.88. The normalized spacial score (nSPS) is 17.7. The molecule has 3 aromatic rings. The fourth-order valence-electron chi connectivity index (χ4n) is 4.90. The van der Waals surface area contributed by atoms with Crippen molar-refractivity contribution in [1.29, 1.82) is 0 Å². The first kappa shape index (κ1) is 26.1. The molecule has 38 heavy (non-hydrogen) atoms. The minimum Gasteiger partial charge on any atom is -0.449 e. The van der Waals surface area contributed by atoms with Gasteiger partial charge in [-0.15, -0.1) is 0 Å². The van der Waals surface area contributed by atoms with E-state index in [2.05, 4.69) is 34.6 Å². The van der Waals surface area contributed by atoms with Crippen molar-refractivity contribution < 1.29 is 23.2 Å². The van der Waals surface area contributed by atoms with E-state index < -0.39 is 30.4 Å². The quantitative estimate of drug-likeness (QED) is 0.319. The van der Waals surface area contributed by atoms with E-state index in [0.717, 1.165) is 11.1 Å². The van der Waals surface area contributed by atoms with Crippen LogP contribution in [-0.4, -0.2) is 42.5 Å². The van der Waals surface area contributed by atoms with Gasteiger partial charge in [0, 0.05) is 24.2 Å². The predicted molar refractivity (Wildman–Crippen MR) is 146 cm³/mol. The second-order valence-electron chi connectivity index (χ2n) is 10.8. The summed E-state index contributed by atoms with van der Waals surface area (Å²) in [6.07, 6.45) is 2.65. The molecular weight excluding hydrogens is 482 g/mol. The lowest BCUT2D eigenvalue weighted by Crippen LogP contribution is -2.41. The number of amides is 1. The van der Waals surface area contributed by atoms with E-state index in [9.17, 15) is 9.18 Å². The molecule has 196 valence electrons. The Morgan fingerprint density at radius 2 is 1.61 bits per heavy atom. The van der Waals surface area contributed by atoms with Gasteiger partial charge in [0.1, 0.15) is 6.61 Å². The minimum absolute atomic E-state index is 0.0336. The number of rotatable bonds is 6. The van der Waals surface area contributed by atoms with Crippen LogP contribution in [0.3, 0.4) is 0 Å². The lowest BCUT2D eigenvalue weighted by molar-refractivity contribution is 0.00578. The SMILES string of the molecule is Cc1c(C=C(CNC(=O)OCC2c3ccccc3-c3ccccc32)B2OC(C)(C)C(C)(C)O2)ccnc1F. The number of carbonyl (C=O) groups is 1. The third-order valence-electron chi connectivity index (χ3n) is 7.86. The first-order chi connectivity index (χ1) is 18.1. The summed E-state index contributed by atoms with van der Waals surface area (Å²) < 4.78 is 32.3. The van der Waals surface area contributed by atoms with Gasteiger partial charge in [-0.05, 0) is 74.0 Å². The number of benzene rings is 2. The Bertz CT molecular complexity index is 1340.